The molecule has 3 aromatic rings. The molecule has 1 aliphatic rings. The molecule has 0 aliphatic carbocycles. The van der Waals surface area contributed by atoms with Gasteiger partial charge in [0, 0.05) is 11.4 Å². The quantitative estimate of drug-likeness (QED) is 0.445. The molecule has 2 aromatic carbocycles. The lowest BCUT2D eigenvalue weighted by Crippen LogP contribution is -2.44. The molecule has 1 fully saturated rings. The molecule has 4 rings (SSSR count). The zero-order valence-corrected chi connectivity index (χ0v) is 18.9. The van der Waals surface area contributed by atoms with E-state index in [-0.39, 0.29) is 12.3 Å². The number of nitrogens with one attached hydrogen (secondary N) is 3. The summed E-state index contributed by atoms with van der Waals surface area (Å²) < 4.78 is 13.3. The van der Waals surface area contributed by atoms with Gasteiger partial charge in [-0.05, 0) is 59.8 Å². The minimum absolute atomic E-state index is 0.231. The first-order chi connectivity index (χ1) is 16.3. The third-order valence-corrected chi connectivity index (χ3v) is 6.38. The van der Waals surface area contributed by atoms with Crippen molar-refractivity contribution in [3.05, 3.63) is 82.3 Å². The van der Waals surface area contributed by atoms with Gasteiger partial charge < -0.3 is 16.0 Å². The number of rotatable bonds is 7. The van der Waals surface area contributed by atoms with Gasteiger partial charge in [0.1, 0.15) is 17.9 Å². The maximum absolute atomic E-state index is 13.3. The van der Waals surface area contributed by atoms with Crippen LogP contribution >= 0.6 is 11.3 Å². The summed E-state index contributed by atoms with van der Waals surface area (Å²) in [6.07, 6.45) is 0.236. The van der Waals surface area contributed by atoms with Crippen molar-refractivity contribution in [2.24, 2.45) is 0 Å². The predicted molar refractivity (Wildman–Crippen MR) is 126 cm³/mol. The molecule has 0 radical (unpaired) electrons. The number of hydrogen-bond donors (Lipinski definition) is 3. The summed E-state index contributed by atoms with van der Waals surface area (Å²) in [5.41, 5.74) is 0.0786. The van der Waals surface area contributed by atoms with Crippen LogP contribution in [0.3, 0.4) is 0 Å². The van der Waals surface area contributed by atoms with Gasteiger partial charge in [0.2, 0.25) is 5.91 Å². The molecule has 0 spiro atoms. The Morgan fingerprint density at radius 2 is 1.65 bits per heavy atom. The highest BCUT2D eigenvalue weighted by Crippen LogP contribution is 2.32. The Bertz CT molecular complexity index is 1230. The maximum atomic E-state index is 13.3. The van der Waals surface area contributed by atoms with Crippen molar-refractivity contribution in [2.75, 3.05) is 17.2 Å². The number of imide groups is 1. The van der Waals surface area contributed by atoms with Gasteiger partial charge in [0.05, 0.1) is 4.88 Å². The van der Waals surface area contributed by atoms with Gasteiger partial charge in [0.15, 0.2) is 0 Å². The second-order valence-electron chi connectivity index (χ2n) is 7.64. The van der Waals surface area contributed by atoms with Gasteiger partial charge >= 0.3 is 6.03 Å². The second-order valence-corrected chi connectivity index (χ2v) is 8.59. The molecule has 0 bridgehead atoms. The number of urea groups is 1. The van der Waals surface area contributed by atoms with Crippen LogP contribution in [0.5, 0.6) is 0 Å². The van der Waals surface area contributed by atoms with E-state index in [2.05, 4.69) is 16.0 Å². The topological polar surface area (TPSA) is 108 Å². The number of thiophene rings is 1. The number of halogens is 1. The molecule has 3 N–H and O–H groups in total. The fourth-order valence-electron chi connectivity index (χ4n) is 3.72. The molecule has 2 heterocycles. The van der Waals surface area contributed by atoms with Crippen LogP contribution in [-0.2, 0) is 15.1 Å². The minimum atomic E-state index is -1.35. The SMILES string of the molecule is CCC1(c2ccc(F)cc2)NC(=O)N(CC(=O)Nc2ccc(NC(=O)c3cccs3)cc2)C1=O. The van der Waals surface area contributed by atoms with E-state index >= 15 is 0 Å². The minimum Gasteiger partial charge on any atom is -0.325 e. The van der Waals surface area contributed by atoms with Gasteiger partial charge in [-0.2, -0.15) is 0 Å². The van der Waals surface area contributed by atoms with Crippen LogP contribution in [0.25, 0.3) is 0 Å². The molecule has 1 unspecified atom stereocenters. The van der Waals surface area contributed by atoms with Gasteiger partial charge in [-0.3, -0.25) is 19.3 Å². The molecule has 5 amide bonds. The van der Waals surface area contributed by atoms with Crippen LogP contribution in [-0.4, -0.2) is 35.2 Å². The monoisotopic (exact) mass is 480 g/mol. The van der Waals surface area contributed by atoms with Crippen molar-refractivity contribution in [2.45, 2.75) is 18.9 Å². The number of benzene rings is 2. The number of nitrogens with zero attached hydrogens (tertiary/aromatic N) is 1. The van der Waals surface area contributed by atoms with Crippen molar-refractivity contribution < 1.29 is 23.6 Å². The lowest BCUT2D eigenvalue weighted by molar-refractivity contribution is -0.134. The van der Waals surface area contributed by atoms with Crippen molar-refractivity contribution in [1.29, 1.82) is 0 Å². The lowest BCUT2D eigenvalue weighted by atomic mass is 9.87. The van der Waals surface area contributed by atoms with Crippen LogP contribution in [0.2, 0.25) is 0 Å². The summed E-state index contributed by atoms with van der Waals surface area (Å²) in [6, 6.07) is 14.6. The Morgan fingerprint density at radius 3 is 2.24 bits per heavy atom. The van der Waals surface area contributed by atoms with Crippen molar-refractivity contribution in [3.63, 3.8) is 0 Å². The zero-order chi connectivity index (χ0) is 24.3. The van der Waals surface area contributed by atoms with E-state index in [9.17, 15) is 23.6 Å². The van der Waals surface area contributed by atoms with E-state index in [4.69, 9.17) is 0 Å². The van der Waals surface area contributed by atoms with Gasteiger partial charge in [-0.1, -0.05) is 25.1 Å². The number of hydrogen-bond acceptors (Lipinski definition) is 5. The molecular weight excluding hydrogens is 459 g/mol. The highest BCUT2D eigenvalue weighted by Gasteiger charge is 2.51. The number of anilines is 2. The second kappa shape index (κ2) is 9.44. The van der Waals surface area contributed by atoms with Gasteiger partial charge in [0.25, 0.3) is 11.8 Å². The molecule has 174 valence electrons. The average Bonchev–Trinajstić information content (AvgIpc) is 3.45. The van der Waals surface area contributed by atoms with Crippen LogP contribution in [0.1, 0.15) is 28.6 Å². The predicted octanol–water partition coefficient (Wildman–Crippen LogP) is 3.94. The van der Waals surface area contributed by atoms with E-state index in [0.717, 1.165) is 4.90 Å². The molecule has 8 nitrogen and oxygen atoms in total. The molecular formula is C24H21FN4O4S. The highest BCUT2D eigenvalue weighted by molar-refractivity contribution is 7.12. The molecule has 1 atom stereocenters. The summed E-state index contributed by atoms with van der Waals surface area (Å²) in [7, 11) is 0. The molecule has 1 aromatic heterocycles. The zero-order valence-electron chi connectivity index (χ0n) is 18.1. The molecule has 0 saturated carbocycles. The van der Waals surface area contributed by atoms with Crippen LogP contribution < -0.4 is 16.0 Å². The Kier molecular flexibility index (Phi) is 6.42. The molecule has 34 heavy (non-hydrogen) atoms. The largest absolute Gasteiger partial charge is 0.325 e. The Hall–Kier alpha value is -4.05. The fourth-order valence-corrected chi connectivity index (χ4v) is 4.34. The Balaban J connectivity index is 1.39. The summed E-state index contributed by atoms with van der Waals surface area (Å²) in [6.45, 7) is 1.24. The van der Waals surface area contributed by atoms with Crippen LogP contribution in [0.15, 0.2) is 66.0 Å². The number of carbonyl (C=O) groups excluding carboxylic acids is 4. The van der Waals surface area contributed by atoms with Crippen molar-refractivity contribution in [3.8, 4) is 0 Å². The van der Waals surface area contributed by atoms with Gasteiger partial charge in [-0.25, -0.2) is 9.18 Å². The third-order valence-electron chi connectivity index (χ3n) is 5.52. The van der Waals surface area contributed by atoms with E-state index in [1.165, 1.54) is 35.6 Å². The number of amides is 5. The fraction of sp³-hybridized carbons (Fsp3) is 0.167. The summed E-state index contributed by atoms with van der Waals surface area (Å²) >= 11 is 1.33. The maximum Gasteiger partial charge on any atom is 0.325 e. The van der Waals surface area contributed by atoms with E-state index in [1.807, 2.05) is 5.38 Å². The normalized spacial score (nSPS) is 17.4. The molecule has 1 saturated heterocycles. The first-order valence-electron chi connectivity index (χ1n) is 10.5. The lowest BCUT2D eigenvalue weighted by Gasteiger charge is -2.25. The first kappa shape index (κ1) is 23.1. The van der Waals surface area contributed by atoms with E-state index < -0.39 is 35.7 Å². The number of carbonyl (C=O) groups is 4. The summed E-state index contributed by atoms with van der Waals surface area (Å²) in [4.78, 5) is 51.8. The first-order valence-corrected chi connectivity index (χ1v) is 11.4. The smallest absolute Gasteiger partial charge is 0.325 e. The molecule has 1 aliphatic heterocycles. The molecule has 10 heteroatoms. The summed E-state index contributed by atoms with van der Waals surface area (Å²) in [5, 5.41) is 9.86. The van der Waals surface area contributed by atoms with Crippen molar-refractivity contribution in [1.82, 2.24) is 10.2 Å². The average molecular weight is 481 g/mol. The standard InChI is InChI=1S/C24H21FN4O4S/c1-2-24(15-5-7-16(25)8-6-15)22(32)29(23(33)28-24)14-20(30)26-17-9-11-18(12-10-17)27-21(31)19-4-3-13-34-19/h3-13H,2,14H2,1H3,(H,26,30)(H,27,31)(H,28,33). The third kappa shape index (κ3) is 4.53. The highest BCUT2D eigenvalue weighted by atomic mass is 32.1. The van der Waals surface area contributed by atoms with Crippen molar-refractivity contribution >= 4 is 46.5 Å². The van der Waals surface area contributed by atoms with Gasteiger partial charge in [-0.15, -0.1) is 11.3 Å². The Labute approximate surface area is 198 Å². The van der Waals surface area contributed by atoms with Crippen LogP contribution in [0, 0.1) is 5.82 Å². The van der Waals surface area contributed by atoms with E-state index in [0.29, 0.717) is 21.8 Å². The van der Waals surface area contributed by atoms with E-state index in [1.54, 1.807) is 43.3 Å². The summed E-state index contributed by atoms with van der Waals surface area (Å²) in [5.74, 6) is -1.83. The van der Waals surface area contributed by atoms with Crippen LogP contribution in [0.4, 0.5) is 20.6 Å². The Morgan fingerprint density at radius 1 is 1.00 bits per heavy atom.